The molecule has 0 aliphatic carbocycles. The fraction of sp³-hybridized carbons (Fsp3) is 0.0909. The molecule has 1 heterocycles. The van der Waals surface area contributed by atoms with Crippen molar-refractivity contribution in [1.82, 2.24) is 9.97 Å². The van der Waals surface area contributed by atoms with Crippen molar-refractivity contribution in [3.63, 3.8) is 0 Å². The Hall–Kier alpha value is -1.33. The van der Waals surface area contributed by atoms with Crippen LogP contribution in [0.2, 0.25) is 5.15 Å². The number of nitrogens with one attached hydrogen (secondary N) is 2. The Balaban J connectivity index is 2.23. The van der Waals surface area contributed by atoms with Gasteiger partial charge in [0.25, 0.3) is 0 Å². The van der Waals surface area contributed by atoms with Crippen LogP contribution in [-0.2, 0) is 0 Å². The standard InChI is InChI=1S/C11H10BrClN4/c1-14-11-16-9(13)6-10(17-11)15-8-4-2-7(12)3-5-8/h2-6H,1H3,(H2,14,15,16,17). The first kappa shape index (κ1) is 12.1. The number of nitrogens with zero attached hydrogens (tertiary/aromatic N) is 2. The van der Waals surface area contributed by atoms with Crippen LogP contribution in [0.15, 0.2) is 34.8 Å². The smallest absolute Gasteiger partial charge is 0.225 e. The molecule has 0 saturated heterocycles. The van der Waals surface area contributed by atoms with Gasteiger partial charge in [0.05, 0.1) is 0 Å². The Kier molecular flexibility index (Phi) is 3.81. The molecule has 0 atom stereocenters. The Morgan fingerprint density at radius 3 is 2.53 bits per heavy atom. The van der Waals surface area contributed by atoms with E-state index in [1.165, 1.54) is 0 Å². The van der Waals surface area contributed by atoms with Crippen LogP contribution < -0.4 is 10.6 Å². The van der Waals surface area contributed by atoms with Gasteiger partial charge in [-0.15, -0.1) is 0 Å². The van der Waals surface area contributed by atoms with Gasteiger partial charge in [-0.2, -0.15) is 4.98 Å². The van der Waals surface area contributed by atoms with Gasteiger partial charge in [0.1, 0.15) is 11.0 Å². The van der Waals surface area contributed by atoms with Crippen LogP contribution in [0.3, 0.4) is 0 Å². The van der Waals surface area contributed by atoms with Crippen molar-refractivity contribution >= 4 is 45.0 Å². The molecule has 0 aliphatic heterocycles. The summed E-state index contributed by atoms with van der Waals surface area (Å²) in [4.78, 5) is 8.24. The molecule has 88 valence electrons. The van der Waals surface area contributed by atoms with E-state index < -0.39 is 0 Å². The monoisotopic (exact) mass is 312 g/mol. The maximum Gasteiger partial charge on any atom is 0.225 e. The summed E-state index contributed by atoms with van der Waals surface area (Å²) in [6.45, 7) is 0. The summed E-state index contributed by atoms with van der Waals surface area (Å²) in [5.74, 6) is 1.13. The van der Waals surface area contributed by atoms with Gasteiger partial charge in [0.2, 0.25) is 5.95 Å². The summed E-state index contributed by atoms with van der Waals surface area (Å²) >= 11 is 9.26. The zero-order chi connectivity index (χ0) is 12.3. The van der Waals surface area contributed by atoms with Gasteiger partial charge in [-0.05, 0) is 24.3 Å². The van der Waals surface area contributed by atoms with Gasteiger partial charge in [-0.1, -0.05) is 27.5 Å². The van der Waals surface area contributed by atoms with Gasteiger partial charge in [0.15, 0.2) is 0 Å². The highest BCUT2D eigenvalue weighted by Crippen LogP contribution is 2.20. The first-order chi connectivity index (χ1) is 8.17. The fourth-order valence-electron chi connectivity index (χ4n) is 1.27. The predicted molar refractivity (Wildman–Crippen MR) is 74.0 cm³/mol. The van der Waals surface area contributed by atoms with E-state index in [9.17, 15) is 0 Å². The van der Waals surface area contributed by atoms with Crippen LogP contribution in [0.1, 0.15) is 0 Å². The second-order valence-corrected chi connectivity index (χ2v) is 4.58. The summed E-state index contributed by atoms with van der Waals surface area (Å²) in [7, 11) is 1.75. The maximum atomic E-state index is 5.88. The molecule has 6 heteroatoms. The number of benzene rings is 1. The molecular formula is C11H10BrClN4. The van der Waals surface area contributed by atoms with Gasteiger partial charge in [0, 0.05) is 23.3 Å². The van der Waals surface area contributed by atoms with Gasteiger partial charge >= 0.3 is 0 Å². The van der Waals surface area contributed by atoms with E-state index in [1.54, 1.807) is 13.1 Å². The van der Waals surface area contributed by atoms with Crippen LogP contribution in [0.4, 0.5) is 17.5 Å². The van der Waals surface area contributed by atoms with Crippen molar-refractivity contribution in [3.05, 3.63) is 40.0 Å². The molecule has 2 N–H and O–H groups in total. The van der Waals surface area contributed by atoms with E-state index in [0.29, 0.717) is 16.9 Å². The molecule has 0 radical (unpaired) electrons. The lowest BCUT2D eigenvalue weighted by molar-refractivity contribution is 1.15. The second kappa shape index (κ2) is 5.33. The van der Waals surface area contributed by atoms with E-state index >= 15 is 0 Å². The quantitative estimate of drug-likeness (QED) is 0.849. The van der Waals surface area contributed by atoms with Gasteiger partial charge < -0.3 is 10.6 Å². The van der Waals surface area contributed by atoms with Crippen LogP contribution in [0, 0.1) is 0 Å². The van der Waals surface area contributed by atoms with Crippen molar-refractivity contribution in [2.45, 2.75) is 0 Å². The number of halogens is 2. The molecular weight excluding hydrogens is 304 g/mol. The lowest BCUT2D eigenvalue weighted by Gasteiger charge is -2.07. The zero-order valence-corrected chi connectivity index (χ0v) is 11.4. The highest BCUT2D eigenvalue weighted by atomic mass is 79.9. The zero-order valence-electron chi connectivity index (χ0n) is 9.04. The first-order valence-electron chi connectivity index (χ1n) is 4.92. The summed E-state index contributed by atoms with van der Waals surface area (Å²) in [6.07, 6.45) is 0. The predicted octanol–water partition coefficient (Wildman–Crippen LogP) is 3.68. The molecule has 1 aromatic heterocycles. The summed E-state index contributed by atoms with van der Waals surface area (Å²) in [5, 5.41) is 6.39. The molecule has 0 unspecified atom stereocenters. The first-order valence-corrected chi connectivity index (χ1v) is 6.09. The highest BCUT2D eigenvalue weighted by molar-refractivity contribution is 9.10. The third kappa shape index (κ3) is 3.31. The minimum absolute atomic E-state index is 0.393. The van der Waals surface area contributed by atoms with Crippen molar-refractivity contribution in [1.29, 1.82) is 0 Å². The molecule has 0 bridgehead atoms. The Bertz CT molecular complexity index is 515. The molecule has 4 nitrogen and oxygen atoms in total. The normalized spacial score (nSPS) is 10.1. The van der Waals surface area contributed by atoms with Crippen molar-refractivity contribution in [3.8, 4) is 0 Å². The molecule has 2 aromatic rings. The van der Waals surface area contributed by atoms with Crippen molar-refractivity contribution in [2.75, 3.05) is 17.7 Å². The molecule has 0 aliphatic rings. The van der Waals surface area contributed by atoms with E-state index in [0.717, 1.165) is 10.2 Å². The third-order valence-electron chi connectivity index (χ3n) is 2.04. The van der Waals surface area contributed by atoms with Crippen LogP contribution >= 0.6 is 27.5 Å². The number of anilines is 3. The Labute approximate surface area is 113 Å². The van der Waals surface area contributed by atoms with E-state index in [1.807, 2.05) is 24.3 Å². The highest BCUT2D eigenvalue weighted by Gasteiger charge is 2.02. The Morgan fingerprint density at radius 1 is 1.18 bits per heavy atom. The average molecular weight is 314 g/mol. The molecule has 2 rings (SSSR count). The topological polar surface area (TPSA) is 49.8 Å². The lowest BCUT2D eigenvalue weighted by Crippen LogP contribution is -2.00. The maximum absolute atomic E-state index is 5.88. The van der Waals surface area contributed by atoms with E-state index in [-0.39, 0.29) is 0 Å². The molecule has 17 heavy (non-hydrogen) atoms. The van der Waals surface area contributed by atoms with Crippen LogP contribution in [-0.4, -0.2) is 17.0 Å². The number of aromatic nitrogens is 2. The number of hydrogen-bond donors (Lipinski definition) is 2. The summed E-state index contributed by atoms with van der Waals surface area (Å²) < 4.78 is 1.03. The minimum atomic E-state index is 0.393. The SMILES string of the molecule is CNc1nc(Cl)cc(Nc2ccc(Br)cc2)n1. The molecule has 1 aromatic carbocycles. The Morgan fingerprint density at radius 2 is 1.88 bits per heavy atom. The molecule has 0 amide bonds. The molecule has 0 fully saturated rings. The number of hydrogen-bond acceptors (Lipinski definition) is 4. The second-order valence-electron chi connectivity index (χ2n) is 3.28. The van der Waals surface area contributed by atoms with Crippen LogP contribution in [0.25, 0.3) is 0 Å². The molecule has 0 spiro atoms. The van der Waals surface area contributed by atoms with Crippen molar-refractivity contribution < 1.29 is 0 Å². The summed E-state index contributed by atoms with van der Waals surface area (Å²) in [5.41, 5.74) is 0.935. The van der Waals surface area contributed by atoms with E-state index in [2.05, 4.69) is 36.5 Å². The lowest BCUT2D eigenvalue weighted by atomic mass is 10.3. The third-order valence-corrected chi connectivity index (χ3v) is 2.76. The van der Waals surface area contributed by atoms with Gasteiger partial charge in [-0.25, -0.2) is 4.98 Å². The fourth-order valence-corrected chi connectivity index (χ4v) is 1.72. The minimum Gasteiger partial charge on any atom is -0.357 e. The van der Waals surface area contributed by atoms with E-state index in [4.69, 9.17) is 11.6 Å². The van der Waals surface area contributed by atoms with Crippen LogP contribution in [0.5, 0.6) is 0 Å². The summed E-state index contributed by atoms with van der Waals surface area (Å²) in [6, 6.07) is 9.46. The number of rotatable bonds is 3. The molecule has 0 saturated carbocycles. The largest absolute Gasteiger partial charge is 0.357 e. The van der Waals surface area contributed by atoms with Gasteiger partial charge in [-0.3, -0.25) is 0 Å². The average Bonchev–Trinajstić information content (AvgIpc) is 2.31. The van der Waals surface area contributed by atoms with Crippen molar-refractivity contribution in [2.24, 2.45) is 0 Å².